The molecule has 1 N–H and O–H groups in total. The van der Waals surface area contributed by atoms with Gasteiger partial charge in [-0.05, 0) is 43.5 Å². The van der Waals surface area contributed by atoms with E-state index >= 15 is 0 Å². The molecule has 0 aliphatic heterocycles. The van der Waals surface area contributed by atoms with Gasteiger partial charge in [-0.1, -0.05) is 53.7 Å². The number of ketones is 1. The second kappa shape index (κ2) is 9.91. The lowest BCUT2D eigenvalue weighted by molar-refractivity contribution is -0.118. The third-order valence-corrected chi connectivity index (χ3v) is 6.09. The van der Waals surface area contributed by atoms with E-state index in [0.29, 0.717) is 22.3 Å². The number of carbonyl (C=O) groups is 2. The molecule has 0 aliphatic rings. The van der Waals surface area contributed by atoms with Crippen LogP contribution in [0.4, 0.5) is 0 Å². The van der Waals surface area contributed by atoms with Crippen LogP contribution in [-0.2, 0) is 11.2 Å². The zero-order chi connectivity index (χ0) is 21.7. The Labute approximate surface area is 185 Å². The molecule has 1 aromatic heterocycles. The van der Waals surface area contributed by atoms with Crippen LogP contribution in [0, 0.1) is 6.92 Å². The quantitative estimate of drug-likeness (QED) is 0.416. The Bertz CT molecular complexity index is 1050. The number of benzene rings is 2. The lowest BCUT2D eigenvalue weighted by Crippen LogP contribution is -2.22. The second-order valence-corrected chi connectivity index (χ2v) is 8.69. The van der Waals surface area contributed by atoms with Crippen molar-refractivity contribution in [2.75, 3.05) is 6.54 Å². The van der Waals surface area contributed by atoms with Gasteiger partial charge in [0.2, 0.25) is 5.91 Å². The monoisotopic (exact) mass is 442 g/mol. The van der Waals surface area contributed by atoms with Crippen LogP contribution in [0.2, 0.25) is 5.02 Å². The highest BCUT2D eigenvalue weighted by Crippen LogP contribution is 2.27. The number of hydrogen-bond donors (Lipinski definition) is 1. The van der Waals surface area contributed by atoms with Gasteiger partial charge in [-0.3, -0.25) is 14.2 Å². The number of Topliss-reactive ketones (excluding diaryl/α,β-unsaturated/α-hetero) is 1. The largest absolute Gasteiger partial charge is 0.356 e. The van der Waals surface area contributed by atoms with Gasteiger partial charge < -0.3 is 5.32 Å². The zero-order valence-corrected chi connectivity index (χ0v) is 18.6. The highest BCUT2D eigenvalue weighted by molar-refractivity contribution is 8.00. The molecule has 3 aromatic rings. The minimum Gasteiger partial charge on any atom is -0.356 e. The molecule has 2 aromatic carbocycles. The van der Waals surface area contributed by atoms with Crippen molar-refractivity contribution in [1.82, 2.24) is 20.1 Å². The number of nitrogens with one attached hydrogen (secondary N) is 1. The van der Waals surface area contributed by atoms with Gasteiger partial charge in [0, 0.05) is 24.1 Å². The molecule has 0 saturated heterocycles. The van der Waals surface area contributed by atoms with Crippen LogP contribution in [-0.4, -0.2) is 38.2 Å². The molecule has 1 unspecified atom stereocenters. The van der Waals surface area contributed by atoms with E-state index in [4.69, 9.17) is 11.6 Å². The van der Waals surface area contributed by atoms with Crippen molar-refractivity contribution in [1.29, 1.82) is 0 Å². The maximum atomic E-state index is 12.9. The fourth-order valence-corrected chi connectivity index (χ4v) is 3.97. The summed E-state index contributed by atoms with van der Waals surface area (Å²) in [5.41, 5.74) is 3.55. The Morgan fingerprint density at radius 2 is 1.93 bits per heavy atom. The summed E-state index contributed by atoms with van der Waals surface area (Å²) in [5.74, 6) is -0.0293. The molecule has 1 heterocycles. The minimum absolute atomic E-state index is 0.0184. The third-order valence-electron chi connectivity index (χ3n) is 4.63. The van der Waals surface area contributed by atoms with Crippen LogP contribution in [0.3, 0.4) is 0 Å². The molecule has 156 valence electrons. The molecule has 1 amide bonds. The third kappa shape index (κ3) is 5.49. The molecule has 0 bridgehead atoms. The van der Waals surface area contributed by atoms with Crippen molar-refractivity contribution >= 4 is 35.1 Å². The number of hydrogen-bond acceptors (Lipinski definition) is 5. The highest BCUT2D eigenvalue weighted by Gasteiger charge is 2.20. The number of aromatic nitrogens is 3. The van der Waals surface area contributed by atoms with Gasteiger partial charge >= 0.3 is 0 Å². The normalized spacial score (nSPS) is 11.9. The Balaban J connectivity index is 1.67. The number of carbonyl (C=O) groups excluding carboxylic acids is 2. The Hall–Kier alpha value is -2.64. The number of nitrogens with zero attached hydrogens (tertiary/aromatic N) is 3. The van der Waals surface area contributed by atoms with Gasteiger partial charge in [0.05, 0.1) is 10.9 Å². The SMILES string of the molecule is CC(=O)NCCc1ccc(C(=O)C(C)Sc2nncn2-c2ccc(C)c(Cl)c2)cc1. The summed E-state index contributed by atoms with van der Waals surface area (Å²) in [6.07, 6.45) is 2.34. The molecule has 0 spiro atoms. The highest BCUT2D eigenvalue weighted by atomic mass is 35.5. The van der Waals surface area contributed by atoms with Crippen LogP contribution in [0.15, 0.2) is 53.9 Å². The van der Waals surface area contributed by atoms with Crippen molar-refractivity contribution < 1.29 is 9.59 Å². The van der Waals surface area contributed by atoms with E-state index in [-0.39, 0.29) is 16.9 Å². The minimum atomic E-state index is -0.334. The number of aryl methyl sites for hydroxylation is 1. The Morgan fingerprint density at radius 1 is 1.20 bits per heavy atom. The first kappa shape index (κ1) is 22.1. The van der Waals surface area contributed by atoms with E-state index in [1.54, 1.807) is 6.33 Å². The summed E-state index contributed by atoms with van der Waals surface area (Å²) < 4.78 is 1.82. The fraction of sp³-hybridized carbons (Fsp3) is 0.273. The predicted octanol–water partition coefficient (Wildman–Crippen LogP) is 4.27. The fourth-order valence-electron chi connectivity index (χ4n) is 2.88. The van der Waals surface area contributed by atoms with E-state index in [2.05, 4.69) is 15.5 Å². The predicted molar refractivity (Wildman–Crippen MR) is 120 cm³/mol. The summed E-state index contributed by atoms with van der Waals surface area (Å²) in [7, 11) is 0. The topological polar surface area (TPSA) is 76.9 Å². The lowest BCUT2D eigenvalue weighted by atomic mass is 10.0. The standard InChI is InChI=1S/C22H23ClN4O2S/c1-14-4-9-19(12-20(14)23)27-13-25-26-22(27)30-15(2)21(29)18-7-5-17(6-8-18)10-11-24-16(3)28/h4-9,12-13,15H,10-11H2,1-3H3,(H,24,28). The maximum absolute atomic E-state index is 12.9. The smallest absolute Gasteiger partial charge is 0.216 e. The van der Waals surface area contributed by atoms with Gasteiger partial charge in [0.1, 0.15) is 6.33 Å². The molecule has 0 aliphatic carbocycles. The van der Waals surface area contributed by atoms with Gasteiger partial charge in [-0.2, -0.15) is 0 Å². The van der Waals surface area contributed by atoms with E-state index in [1.807, 2.05) is 60.9 Å². The molecule has 3 rings (SSSR count). The van der Waals surface area contributed by atoms with E-state index in [1.165, 1.54) is 18.7 Å². The lowest BCUT2D eigenvalue weighted by Gasteiger charge is -2.12. The van der Waals surface area contributed by atoms with E-state index < -0.39 is 0 Å². The van der Waals surface area contributed by atoms with Crippen molar-refractivity contribution in [3.05, 3.63) is 70.5 Å². The van der Waals surface area contributed by atoms with Gasteiger partial charge in [0.25, 0.3) is 0 Å². The first-order valence-corrected chi connectivity index (χ1v) is 10.8. The first-order chi connectivity index (χ1) is 14.3. The summed E-state index contributed by atoms with van der Waals surface area (Å²) in [4.78, 5) is 23.8. The molecular formula is C22H23ClN4O2S. The number of thioether (sulfide) groups is 1. The maximum Gasteiger partial charge on any atom is 0.216 e. The number of rotatable bonds is 8. The average Bonchev–Trinajstić information content (AvgIpc) is 3.18. The summed E-state index contributed by atoms with van der Waals surface area (Å²) >= 11 is 7.60. The summed E-state index contributed by atoms with van der Waals surface area (Å²) in [6.45, 7) is 5.88. The van der Waals surface area contributed by atoms with Crippen LogP contribution in [0.25, 0.3) is 5.69 Å². The zero-order valence-electron chi connectivity index (χ0n) is 17.1. The van der Waals surface area contributed by atoms with Crippen LogP contribution in [0.5, 0.6) is 0 Å². The second-order valence-electron chi connectivity index (χ2n) is 6.97. The van der Waals surface area contributed by atoms with Gasteiger partial charge in [-0.25, -0.2) is 0 Å². The molecule has 6 nitrogen and oxygen atoms in total. The van der Waals surface area contributed by atoms with E-state index in [0.717, 1.165) is 23.2 Å². The molecule has 0 radical (unpaired) electrons. The molecule has 8 heteroatoms. The van der Waals surface area contributed by atoms with E-state index in [9.17, 15) is 9.59 Å². The molecule has 1 atom stereocenters. The Kier molecular flexibility index (Phi) is 7.29. The Morgan fingerprint density at radius 3 is 2.60 bits per heavy atom. The van der Waals surface area contributed by atoms with Crippen LogP contribution in [0.1, 0.15) is 35.3 Å². The number of halogens is 1. The van der Waals surface area contributed by atoms with Gasteiger partial charge in [-0.15, -0.1) is 10.2 Å². The van der Waals surface area contributed by atoms with Crippen LogP contribution < -0.4 is 5.32 Å². The average molecular weight is 443 g/mol. The summed E-state index contributed by atoms with van der Waals surface area (Å²) in [5, 5.41) is 11.9. The van der Waals surface area contributed by atoms with Crippen molar-refractivity contribution in [2.24, 2.45) is 0 Å². The first-order valence-electron chi connectivity index (χ1n) is 9.56. The summed E-state index contributed by atoms with van der Waals surface area (Å²) in [6, 6.07) is 13.2. The van der Waals surface area contributed by atoms with Crippen molar-refractivity contribution in [2.45, 2.75) is 37.6 Å². The number of amides is 1. The van der Waals surface area contributed by atoms with Crippen molar-refractivity contribution in [3.8, 4) is 5.69 Å². The molecule has 30 heavy (non-hydrogen) atoms. The van der Waals surface area contributed by atoms with Crippen LogP contribution >= 0.6 is 23.4 Å². The molecule has 0 saturated carbocycles. The molecule has 0 fully saturated rings. The molecular weight excluding hydrogens is 420 g/mol. The van der Waals surface area contributed by atoms with Gasteiger partial charge in [0.15, 0.2) is 10.9 Å². The van der Waals surface area contributed by atoms with Crippen molar-refractivity contribution in [3.63, 3.8) is 0 Å².